The van der Waals surface area contributed by atoms with Crippen molar-refractivity contribution < 1.29 is 17.5 Å². The molecule has 2 aromatic rings. The number of hydrogen-bond donors (Lipinski definition) is 1. The molecule has 1 N–H and O–H groups in total. The molecule has 0 aliphatic heterocycles. The van der Waals surface area contributed by atoms with Crippen LogP contribution in [0, 0.1) is 6.92 Å². The van der Waals surface area contributed by atoms with E-state index in [1.165, 1.54) is 5.56 Å². The van der Waals surface area contributed by atoms with Gasteiger partial charge in [-0.2, -0.15) is 13.5 Å². The van der Waals surface area contributed by atoms with Gasteiger partial charge in [0.25, 0.3) is 10.1 Å². The lowest BCUT2D eigenvalue weighted by atomic mass is 10.2. The summed E-state index contributed by atoms with van der Waals surface area (Å²) in [5.74, 6) is -0.191. The minimum Gasteiger partial charge on any atom is -0.286 e. The molecule has 6 nitrogen and oxygen atoms in total. The summed E-state index contributed by atoms with van der Waals surface area (Å²) in [6, 6.07) is 12.1. The highest BCUT2D eigenvalue weighted by atomic mass is 32.2. The first-order valence-electron chi connectivity index (χ1n) is 8.12. The number of hydrogen-bond acceptors (Lipinski definition) is 4. The summed E-state index contributed by atoms with van der Waals surface area (Å²) < 4.78 is 32.0. The second-order valence-corrected chi connectivity index (χ2v) is 7.54. The van der Waals surface area contributed by atoms with Crippen LogP contribution in [0.4, 0.5) is 5.69 Å². The molecule has 0 atom stereocenters. The monoisotopic (exact) mass is 362 g/mol. The largest absolute Gasteiger partial charge is 0.286 e. The second-order valence-electron chi connectivity index (χ2n) is 5.97. The summed E-state index contributed by atoms with van der Waals surface area (Å²) in [5, 5.41) is 6.25. The van der Waals surface area contributed by atoms with Crippen LogP contribution in [0.2, 0.25) is 0 Å². The number of nitrogens with zero attached hydrogens (tertiary/aromatic N) is 3. The van der Waals surface area contributed by atoms with Gasteiger partial charge in [0.2, 0.25) is 0 Å². The molecule has 0 unspecified atom stereocenters. The Balaban J connectivity index is 1.86. The number of rotatable bonds is 8. The molecule has 0 fully saturated rings. The lowest BCUT2D eigenvalue weighted by Gasteiger charge is -2.12. The fourth-order valence-electron chi connectivity index (χ4n) is 2.26. The maximum absolute atomic E-state index is 10.7. The fourth-order valence-corrected chi connectivity index (χ4v) is 2.83. The number of aromatic nitrogens is 1. The van der Waals surface area contributed by atoms with E-state index < -0.39 is 10.1 Å². The first-order chi connectivity index (χ1) is 11.8. The predicted molar refractivity (Wildman–Crippen MR) is 99.5 cm³/mol. The maximum atomic E-state index is 10.7. The van der Waals surface area contributed by atoms with Crippen LogP contribution in [0.25, 0.3) is 0 Å². The highest BCUT2D eigenvalue weighted by Crippen LogP contribution is 2.13. The molecule has 2 rings (SSSR count). The summed E-state index contributed by atoms with van der Waals surface area (Å²) in [5.41, 5.74) is 3.21. The van der Waals surface area contributed by atoms with Crippen LogP contribution in [0.3, 0.4) is 0 Å². The van der Waals surface area contributed by atoms with E-state index in [9.17, 15) is 8.42 Å². The van der Waals surface area contributed by atoms with Gasteiger partial charge in [-0.1, -0.05) is 17.7 Å². The summed E-state index contributed by atoms with van der Waals surface area (Å²) in [6.45, 7) is 2.76. The van der Waals surface area contributed by atoms with Gasteiger partial charge in [-0.25, -0.2) is 4.57 Å². The molecule has 25 heavy (non-hydrogen) atoms. The molecule has 0 aliphatic rings. The summed E-state index contributed by atoms with van der Waals surface area (Å²) in [4.78, 5) is 0. The van der Waals surface area contributed by atoms with Gasteiger partial charge in [-0.3, -0.25) is 9.56 Å². The Kier molecular flexibility index (Phi) is 6.66. The van der Waals surface area contributed by atoms with Crippen molar-refractivity contribution >= 4 is 22.0 Å². The van der Waals surface area contributed by atoms with Crippen LogP contribution >= 0.6 is 0 Å². The van der Waals surface area contributed by atoms with Crippen molar-refractivity contribution in [3.63, 3.8) is 0 Å². The first kappa shape index (κ1) is 19.1. The minimum absolute atomic E-state index is 0.191. The average molecular weight is 362 g/mol. The van der Waals surface area contributed by atoms with Gasteiger partial charge in [0.05, 0.1) is 17.7 Å². The molecule has 0 saturated carbocycles. The van der Waals surface area contributed by atoms with Gasteiger partial charge in [0, 0.05) is 31.2 Å². The van der Waals surface area contributed by atoms with Gasteiger partial charge in [0.15, 0.2) is 12.4 Å². The lowest BCUT2D eigenvalue weighted by Crippen LogP contribution is -2.32. The Labute approximate surface area is 149 Å². The molecule has 0 spiro atoms. The van der Waals surface area contributed by atoms with Crippen molar-refractivity contribution in [3.8, 4) is 0 Å². The topological polar surface area (TPSA) is 73.8 Å². The fraction of sp³-hybridized carbons (Fsp3) is 0.333. The van der Waals surface area contributed by atoms with Gasteiger partial charge in [-0.05, 0) is 25.5 Å². The van der Waals surface area contributed by atoms with E-state index in [-0.39, 0.29) is 5.75 Å². The summed E-state index contributed by atoms with van der Waals surface area (Å²) in [7, 11) is -1.96. The van der Waals surface area contributed by atoms with E-state index >= 15 is 0 Å². The number of benzene rings is 1. The molecule has 1 aromatic carbocycles. The Morgan fingerprint density at radius 3 is 2.36 bits per heavy atom. The van der Waals surface area contributed by atoms with E-state index in [2.05, 4.69) is 24.2 Å². The lowest BCUT2D eigenvalue weighted by molar-refractivity contribution is -0.697. The van der Waals surface area contributed by atoms with Gasteiger partial charge in [0.1, 0.15) is 6.54 Å². The number of unbranched alkanes of at least 4 members (excludes halogenated alkanes) is 1. The number of pyridine rings is 1. The third kappa shape index (κ3) is 7.03. The van der Waals surface area contributed by atoms with Gasteiger partial charge in [-0.15, -0.1) is 0 Å². The highest BCUT2D eigenvalue weighted by Gasteiger charge is 2.06. The number of aryl methyl sites for hydroxylation is 2. The zero-order valence-corrected chi connectivity index (χ0v) is 15.4. The second kappa shape index (κ2) is 8.73. The average Bonchev–Trinajstić information content (AvgIpc) is 2.57. The van der Waals surface area contributed by atoms with Gasteiger partial charge >= 0.3 is 0 Å². The van der Waals surface area contributed by atoms with Crippen molar-refractivity contribution in [2.75, 3.05) is 17.8 Å². The zero-order chi connectivity index (χ0) is 18.3. The molecule has 0 bridgehead atoms. The Morgan fingerprint density at radius 2 is 1.76 bits per heavy atom. The Morgan fingerprint density at radius 1 is 1.12 bits per heavy atom. The maximum Gasteiger partial charge on any atom is 0.264 e. The van der Waals surface area contributed by atoms with Crippen LogP contribution in [-0.2, 0) is 16.7 Å². The molecule has 0 amide bonds. The summed E-state index contributed by atoms with van der Waals surface area (Å²) in [6.07, 6.45) is 6.79. The standard InChI is InChI=1S/C18H23N3O3S/c1-16-5-7-18(8-6-16)20(2)19-15-17-9-12-21(13-10-17)11-3-4-14-25(22,23)24/h5-10,12-13,15H,3-4,11,14H2,1-2H3/p+1. The third-order valence-corrected chi connectivity index (χ3v) is 4.58. The third-order valence-electron chi connectivity index (χ3n) is 3.77. The van der Waals surface area contributed by atoms with Crippen LogP contribution in [0.1, 0.15) is 24.0 Å². The van der Waals surface area contributed by atoms with Crippen molar-refractivity contribution in [1.82, 2.24) is 0 Å². The van der Waals surface area contributed by atoms with E-state index in [1.54, 1.807) is 6.21 Å². The molecule has 0 aliphatic carbocycles. The predicted octanol–water partition coefficient (Wildman–Crippen LogP) is 2.42. The van der Waals surface area contributed by atoms with Crippen LogP contribution < -0.4 is 9.58 Å². The van der Waals surface area contributed by atoms with Crippen LogP contribution in [0.15, 0.2) is 53.9 Å². The normalized spacial score (nSPS) is 11.8. The molecule has 0 radical (unpaired) electrons. The molecule has 0 saturated heterocycles. The van der Waals surface area contributed by atoms with Gasteiger partial charge < -0.3 is 0 Å². The highest BCUT2D eigenvalue weighted by molar-refractivity contribution is 7.85. The molecular weight excluding hydrogens is 338 g/mol. The van der Waals surface area contributed by atoms with E-state index in [4.69, 9.17) is 4.55 Å². The van der Waals surface area contributed by atoms with E-state index in [0.717, 1.165) is 11.3 Å². The summed E-state index contributed by atoms with van der Waals surface area (Å²) >= 11 is 0. The number of hydrazone groups is 1. The Bertz CT molecular complexity index is 800. The molecule has 134 valence electrons. The van der Waals surface area contributed by atoms with E-state index in [0.29, 0.717) is 19.4 Å². The molecular formula is C18H24N3O3S+. The number of anilines is 1. The van der Waals surface area contributed by atoms with Crippen molar-refractivity contribution in [1.29, 1.82) is 0 Å². The van der Waals surface area contributed by atoms with Crippen molar-refractivity contribution in [2.24, 2.45) is 5.10 Å². The smallest absolute Gasteiger partial charge is 0.264 e. The first-order valence-corrected chi connectivity index (χ1v) is 9.73. The van der Waals surface area contributed by atoms with Crippen molar-refractivity contribution in [3.05, 3.63) is 59.9 Å². The molecule has 7 heteroatoms. The van der Waals surface area contributed by atoms with Crippen molar-refractivity contribution in [2.45, 2.75) is 26.3 Å². The molecule has 1 aromatic heterocycles. The van der Waals surface area contributed by atoms with E-state index in [1.807, 2.05) is 53.3 Å². The SMILES string of the molecule is Cc1ccc(N(C)N=Cc2cc[n+](CCCCS(=O)(=O)O)cc2)cc1. The quantitative estimate of drug-likeness (QED) is 0.257. The molecule has 1 heterocycles. The van der Waals surface area contributed by atoms with Crippen LogP contribution in [-0.4, -0.2) is 32.0 Å². The minimum atomic E-state index is -3.86. The Hall–Kier alpha value is -2.25. The van der Waals surface area contributed by atoms with Crippen LogP contribution in [0.5, 0.6) is 0 Å². The zero-order valence-electron chi connectivity index (χ0n) is 14.5.